The van der Waals surface area contributed by atoms with Crippen LogP contribution in [-0.4, -0.2) is 12.3 Å². The van der Waals surface area contributed by atoms with E-state index >= 15 is 0 Å². The Bertz CT molecular complexity index is 321. The van der Waals surface area contributed by atoms with Gasteiger partial charge in [-0.25, -0.2) is 0 Å². The number of rotatable bonds is 6. The summed E-state index contributed by atoms with van der Waals surface area (Å²) in [4.78, 5) is 0. The van der Waals surface area contributed by atoms with E-state index in [9.17, 15) is 0 Å². The fourth-order valence-corrected chi connectivity index (χ4v) is 1.83. The van der Waals surface area contributed by atoms with Crippen LogP contribution in [0, 0.1) is 6.92 Å². The quantitative estimate of drug-likeness (QED) is 0.570. The van der Waals surface area contributed by atoms with Crippen LogP contribution in [0.15, 0.2) is 18.2 Å². The molecule has 0 amide bonds. The summed E-state index contributed by atoms with van der Waals surface area (Å²) in [7, 11) is 0. The molecule has 1 rings (SSSR count). The van der Waals surface area contributed by atoms with Crippen LogP contribution in [0.4, 0.5) is 0 Å². The highest BCUT2D eigenvalue weighted by Crippen LogP contribution is 2.18. The van der Waals surface area contributed by atoms with E-state index in [0.29, 0.717) is 5.92 Å². The summed E-state index contributed by atoms with van der Waals surface area (Å²) >= 11 is 4.20. The molecule has 0 spiro atoms. The van der Waals surface area contributed by atoms with Gasteiger partial charge in [0.25, 0.3) is 0 Å². The first kappa shape index (κ1) is 13.6. The second kappa shape index (κ2) is 6.97. The zero-order valence-electron chi connectivity index (χ0n) is 10.6. The molecule has 0 saturated carbocycles. The lowest BCUT2D eigenvalue weighted by atomic mass is 9.98. The molecule has 0 aromatic heterocycles. The maximum atomic E-state index is 4.20. The average molecular weight is 237 g/mol. The Kier molecular flexibility index (Phi) is 5.93. The van der Waals surface area contributed by atoms with Gasteiger partial charge in [0.2, 0.25) is 0 Å². The molecule has 0 bridgehead atoms. The van der Waals surface area contributed by atoms with Crippen molar-refractivity contribution in [3.05, 3.63) is 34.9 Å². The third-order valence-electron chi connectivity index (χ3n) is 2.87. The van der Waals surface area contributed by atoms with E-state index in [1.54, 1.807) is 0 Å². The Morgan fingerprint density at radius 3 is 2.69 bits per heavy atom. The van der Waals surface area contributed by atoms with Crippen LogP contribution in [-0.2, 0) is 6.54 Å². The predicted octanol–water partition coefficient (Wildman–Crippen LogP) is 3.53. The highest BCUT2D eigenvalue weighted by Gasteiger charge is 2.03. The van der Waals surface area contributed by atoms with Gasteiger partial charge in [-0.2, -0.15) is 12.6 Å². The van der Waals surface area contributed by atoms with Crippen molar-refractivity contribution in [1.29, 1.82) is 0 Å². The fourth-order valence-electron chi connectivity index (χ4n) is 1.67. The van der Waals surface area contributed by atoms with E-state index in [4.69, 9.17) is 0 Å². The highest BCUT2D eigenvalue weighted by atomic mass is 32.1. The summed E-state index contributed by atoms with van der Waals surface area (Å²) < 4.78 is 0. The number of thiol groups is 1. The monoisotopic (exact) mass is 237 g/mol. The van der Waals surface area contributed by atoms with Crippen LogP contribution in [0.25, 0.3) is 0 Å². The molecule has 1 nitrogen and oxygen atoms in total. The molecule has 0 atom stereocenters. The maximum absolute atomic E-state index is 4.20. The van der Waals surface area contributed by atoms with E-state index in [-0.39, 0.29) is 0 Å². The van der Waals surface area contributed by atoms with Gasteiger partial charge in [0, 0.05) is 6.54 Å². The van der Waals surface area contributed by atoms with Crippen molar-refractivity contribution in [2.75, 3.05) is 12.3 Å². The molecular weight excluding hydrogens is 214 g/mol. The molecule has 90 valence electrons. The highest BCUT2D eigenvalue weighted by molar-refractivity contribution is 7.80. The number of hydrogen-bond donors (Lipinski definition) is 2. The lowest BCUT2D eigenvalue weighted by Gasteiger charge is -2.12. The first-order valence-corrected chi connectivity index (χ1v) is 6.69. The minimum atomic E-state index is 0.608. The van der Waals surface area contributed by atoms with Gasteiger partial charge in [0.05, 0.1) is 0 Å². The molecule has 1 aromatic carbocycles. The van der Waals surface area contributed by atoms with Crippen molar-refractivity contribution in [3.8, 4) is 0 Å². The van der Waals surface area contributed by atoms with E-state index in [0.717, 1.165) is 25.3 Å². The molecule has 1 N–H and O–H groups in total. The van der Waals surface area contributed by atoms with Crippen LogP contribution in [0.5, 0.6) is 0 Å². The third kappa shape index (κ3) is 4.18. The Hall–Kier alpha value is -0.470. The van der Waals surface area contributed by atoms with Crippen LogP contribution in [0.2, 0.25) is 0 Å². The zero-order valence-corrected chi connectivity index (χ0v) is 11.5. The second-order valence-corrected chi connectivity index (χ2v) is 5.04. The molecule has 1 aromatic rings. The first-order chi connectivity index (χ1) is 7.65. The first-order valence-electron chi connectivity index (χ1n) is 6.06. The summed E-state index contributed by atoms with van der Waals surface area (Å²) in [6.07, 6.45) is 1.13. The minimum Gasteiger partial charge on any atom is -0.313 e. The van der Waals surface area contributed by atoms with E-state index in [1.165, 1.54) is 16.7 Å². The van der Waals surface area contributed by atoms with E-state index < -0.39 is 0 Å². The molecular formula is C14H23NS. The lowest BCUT2D eigenvalue weighted by Crippen LogP contribution is -2.16. The number of benzene rings is 1. The largest absolute Gasteiger partial charge is 0.313 e. The normalized spacial score (nSPS) is 11.1. The Morgan fingerprint density at radius 1 is 1.31 bits per heavy atom. The van der Waals surface area contributed by atoms with Gasteiger partial charge in [-0.1, -0.05) is 32.0 Å². The molecule has 16 heavy (non-hydrogen) atoms. The Balaban J connectivity index is 2.60. The number of nitrogens with one attached hydrogen (secondary N) is 1. The van der Waals surface area contributed by atoms with Gasteiger partial charge < -0.3 is 5.32 Å². The van der Waals surface area contributed by atoms with Crippen molar-refractivity contribution < 1.29 is 0 Å². The summed E-state index contributed by atoms with van der Waals surface area (Å²) in [5, 5.41) is 3.46. The van der Waals surface area contributed by atoms with Gasteiger partial charge in [-0.05, 0) is 48.3 Å². The summed E-state index contributed by atoms with van der Waals surface area (Å²) in [5.74, 6) is 1.56. The summed E-state index contributed by atoms with van der Waals surface area (Å²) in [5.41, 5.74) is 4.23. The smallest absolute Gasteiger partial charge is 0.0208 e. The van der Waals surface area contributed by atoms with Gasteiger partial charge in [-0.15, -0.1) is 0 Å². The summed E-state index contributed by atoms with van der Waals surface area (Å²) in [6, 6.07) is 6.79. The molecule has 0 aliphatic carbocycles. The zero-order chi connectivity index (χ0) is 12.0. The van der Waals surface area contributed by atoms with Crippen molar-refractivity contribution in [3.63, 3.8) is 0 Å². The molecule has 0 unspecified atom stereocenters. The molecule has 0 radical (unpaired) electrons. The van der Waals surface area contributed by atoms with Crippen LogP contribution >= 0.6 is 12.6 Å². The standard InChI is InChI=1S/C14H23NS/c1-11(2)13-6-5-12(3)14(9-13)10-15-7-4-8-16/h5-6,9,11,15-16H,4,7-8,10H2,1-3H3. The maximum Gasteiger partial charge on any atom is 0.0208 e. The van der Waals surface area contributed by atoms with Crippen molar-refractivity contribution in [2.24, 2.45) is 0 Å². The molecule has 0 aliphatic heterocycles. The summed E-state index contributed by atoms with van der Waals surface area (Å²) in [6.45, 7) is 8.68. The number of aryl methyl sites for hydroxylation is 1. The lowest BCUT2D eigenvalue weighted by molar-refractivity contribution is 0.675. The second-order valence-electron chi connectivity index (χ2n) is 4.59. The molecule has 0 heterocycles. The Labute approximate surface area is 105 Å². The van der Waals surface area contributed by atoms with Gasteiger partial charge >= 0.3 is 0 Å². The SMILES string of the molecule is Cc1ccc(C(C)C)cc1CNCCCS. The van der Waals surface area contributed by atoms with Crippen LogP contribution < -0.4 is 5.32 Å². The Morgan fingerprint density at radius 2 is 2.06 bits per heavy atom. The fraction of sp³-hybridized carbons (Fsp3) is 0.571. The van der Waals surface area contributed by atoms with Crippen molar-refractivity contribution in [1.82, 2.24) is 5.32 Å². The van der Waals surface area contributed by atoms with E-state index in [1.807, 2.05) is 0 Å². The molecule has 0 saturated heterocycles. The number of hydrogen-bond acceptors (Lipinski definition) is 2. The molecule has 0 aliphatic rings. The van der Waals surface area contributed by atoms with Gasteiger partial charge in [0.15, 0.2) is 0 Å². The van der Waals surface area contributed by atoms with Gasteiger partial charge in [-0.3, -0.25) is 0 Å². The molecule has 0 fully saturated rings. The van der Waals surface area contributed by atoms with Crippen molar-refractivity contribution >= 4 is 12.6 Å². The predicted molar refractivity (Wildman–Crippen MR) is 75.4 cm³/mol. The third-order valence-corrected chi connectivity index (χ3v) is 3.18. The van der Waals surface area contributed by atoms with Gasteiger partial charge in [0.1, 0.15) is 0 Å². The molecule has 2 heteroatoms. The minimum absolute atomic E-state index is 0.608. The van der Waals surface area contributed by atoms with Crippen molar-refractivity contribution in [2.45, 2.75) is 39.7 Å². The van der Waals surface area contributed by atoms with E-state index in [2.05, 4.69) is 56.9 Å². The average Bonchev–Trinajstić information content (AvgIpc) is 2.26. The van der Waals surface area contributed by atoms with Crippen LogP contribution in [0.3, 0.4) is 0 Å². The van der Waals surface area contributed by atoms with Crippen LogP contribution in [0.1, 0.15) is 42.9 Å². The topological polar surface area (TPSA) is 12.0 Å².